The van der Waals surface area contributed by atoms with Crippen LogP contribution in [0.3, 0.4) is 0 Å². The molecule has 1 heterocycles. The minimum absolute atomic E-state index is 0.0384. The van der Waals surface area contributed by atoms with Gasteiger partial charge < -0.3 is 19.5 Å². The average Bonchev–Trinajstić information content (AvgIpc) is 2.65. The van der Waals surface area contributed by atoms with E-state index in [1.165, 1.54) is 43.2 Å². The molecule has 1 aromatic rings. The minimum atomic E-state index is -0.621. The SMILES string of the molecule is O=C(OCOc1ccc2c(c1)[C@]13CCCC[C@@H]1[C@@H](C2)NCC3)OC1CCC1. The molecule has 2 bridgehead atoms. The van der Waals surface area contributed by atoms with Gasteiger partial charge >= 0.3 is 6.16 Å². The van der Waals surface area contributed by atoms with Gasteiger partial charge in [0.05, 0.1) is 0 Å². The maximum atomic E-state index is 11.7. The second-order valence-electron chi connectivity index (χ2n) is 8.67. The van der Waals surface area contributed by atoms with Crippen molar-refractivity contribution < 1.29 is 19.0 Å². The number of carbonyl (C=O) groups excluding carboxylic acids is 1. The van der Waals surface area contributed by atoms with Gasteiger partial charge in [0.25, 0.3) is 0 Å². The van der Waals surface area contributed by atoms with Crippen molar-refractivity contribution in [1.29, 1.82) is 0 Å². The number of fused-ring (bicyclic) bond motifs is 1. The molecule has 1 aromatic carbocycles. The Morgan fingerprint density at radius 3 is 2.93 bits per heavy atom. The lowest BCUT2D eigenvalue weighted by atomic mass is 9.53. The maximum Gasteiger partial charge on any atom is 0.511 e. The van der Waals surface area contributed by atoms with E-state index in [-0.39, 0.29) is 12.9 Å². The average molecular weight is 371 g/mol. The van der Waals surface area contributed by atoms with Crippen LogP contribution in [0, 0.1) is 5.92 Å². The zero-order chi connectivity index (χ0) is 18.3. The maximum absolute atomic E-state index is 11.7. The van der Waals surface area contributed by atoms with Crippen LogP contribution in [-0.4, -0.2) is 31.6 Å². The number of hydrogen-bond donors (Lipinski definition) is 1. The minimum Gasteiger partial charge on any atom is -0.457 e. The van der Waals surface area contributed by atoms with Crippen molar-refractivity contribution in [3.63, 3.8) is 0 Å². The number of carbonyl (C=O) groups is 1. The van der Waals surface area contributed by atoms with Crippen molar-refractivity contribution in [2.24, 2.45) is 5.92 Å². The summed E-state index contributed by atoms with van der Waals surface area (Å²) >= 11 is 0. The third kappa shape index (κ3) is 3.10. The molecule has 1 N–H and O–H groups in total. The van der Waals surface area contributed by atoms with Gasteiger partial charge in [-0.15, -0.1) is 0 Å². The van der Waals surface area contributed by atoms with E-state index in [1.54, 1.807) is 0 Å². The molecule has 27 heavy (non-hydrogen) atoms. The molecular formula is C22H29NO4. The first-order valence-corrected chi connectivity index (χ1v) is 10.6. The van der Waals surface area contributed by atoms with Crippen molar-refractivity contribution in [2.75, 3.05) is 13.3 Å². The second-order valence-corrected chi connectivity index (χ2v) is 8.67. The molecule has 0 unspecified atom stereocenters. The van der Waals surface area contributed by atoms with Crippen molar-refractivity contribution in [3.05, 3.63) is 29.3 Å². The van der Waals surface area contributed by atoms with Crippen LogP contribution in [0.1, 0.15) is 62.5 Å². The van der Waals surface area contributed by atoms with Crippen LogP contribution in [-0.2, 0) is 21.3 Å². The van der Waals surface area contributed by atoms with Crippen molar-refractivity contribution in [3.8, 4) is 5.75 Å². The van der Waals surface area contributed by atoms with Crippen molar-refractivity contribution in [1.82, 2.24) is 5.32 Å². The highest BCUT2D eigenvalue weighted by Gasteiger charge is 2.51. The molecule has 0 aromatic heterocycles. The summed E-state index contributed by atoms with van der Waals surface area (Å²) in [6.07, 6.45) is 10.1. The molecule has 0 amide bonds. The van der Waals surface area contributed by atoms with Crippen molar-refractivity contribution >= 4 is 6.16 Å². The second kappa shape index (κ2) is 7.01. The Bertz CT molecular complexity index is 712. The Morgan fingerprint density at radius 2 is 2.07 bits per heavy atom. The van der Waals surface area contributed by atoms with Crippen LogP contribution in [0.4, 0.5) is 4.79 Å². The lowest BCUT2D eigenvalue weighted by molar-refractivity contribution is -0.0328. The Hall–Kier alpha value is -1.75. The molecule has 0 spiro atoms. The van der Waals surface area contributed by atoms with Crippen molar-refractivity contribution in [2.45, 2.75) is 75.3 Å². The standard InChI is InChI=1S/C22H29NO4/c24-21(27-16-4-3-5-16)26-14-25-17-8-7-15-12-20-18-6-1-2-9-22(18,10-11-23-20)19(15)13-17/h7-8,13,16,18,20,23H,1-6,9-12,14H2/t18-,20-,22+/m1/s1. The number of rotatable bonds is 4. The van der Waals surface area contributed by atoms with Crippen LogP contribution in [0.25, 0.3) is 0 Å². The molecule has 5 nitrogen and oxygen atoms in total. The van der Waals surface area contributed by atoms with Gasteiger partial charge in [-0.05, 0) is 80.7 Å². The number of nitrogens with one attached hydrogen (secondary N) is 1. The molecular weight excluding hydrogens is 342 g/mol. The first-order chi connectivity index (χ1) is 13.2. The summed E-state index contributed by atoms with van der Waals surface area (Å²) in [6.45, 7) is 1.02. The zero-order valence-electron chi connectivity index (χ0n) is 15.9. The third-order valence-corrected chi connectivity index (χ3v) is 7.34. The molecule has 5 rings (SSSR count). The van der Waals surface area contributed by atoms with Gasteiger partial charge in [0.15, 0.2) is 0 Å². The number of hydrogen-bond acceptors (Lipinski definition) is 5. The highest BCUT2D eigenvalue weighted by atomic mass is 16.8. The van der Waals surface area contributed by atoms with Gasteiger partial charge in [0, 0.05) is 11.5 Å². The smallest absolute Gasteiger partial charge is 0.457 e. The molecule has 5 heteroatoms. The fraction of sp³-hybridized carbons (Fsp3) is 0.682. The Labute approximate surface area is 160 Å². The summed E-state index contributed by atoms with van der Waals surface area (Å²) in [4.78, 5) is 11.7. The van der Waals surface area contributed by atoms with E-state index in [0.717, 1.165) is 43.9 Å². The van der Waals surface area contributed by atoms with E-state index >= 15 is 0 Å². The quantitative estimate of drug-likeness (QED) is 0.639. The predicted octanol–water partition coefficient (Wildman–Crippen LogP) is 4.07. The molecule has 146 valence electrons. The lowest BCUT2D eigenvalue weighted by Crippen LogP contribution is -2.59. The number of ether oxygens (including phenoxy) is 3. The van der Waals surface area contributed by atoms with Gasteiger partial charge in [-0.1, -0.05) is 18.9 Å². The van der Waals surface area contributed by atoms with Crippen LogP contribution in [0.15, 0.2) is 18.2 Å². The molecule has 4 aliphatic rings. The number of benzene rings is 1. The van der Waals surface area contributed by atoms with Crippen LogP contribution < -0.4 is 10.1 Å². The molecule has 1 aliphatic heterocycles. The Balaban J connectivity index is 1.28. The van der Waals surface area contributed by atoms with Gasteiger partial charge in [-0.3, -0.25) is 0 Å². The summed E-state index contributed by atoms with van der Waals surface area (Å²) in [7, 11) is 0. The topological polar surface area (TPSA) is 56.8 Å². The highest BCUT2D eigenvalue weighted by molar-refractivity contribution is 5.60. The monoisotopic (exact) mass is 371 g/mol. The zero-order valence-corrected chi connectivity index (χ0v) is 15.9. The van der Waals surface area contributed by atoms with E-state index in [4.69, 9.17) is 14.2 Å². The summed E-state index contributed by atoms with van der Waals surface area (Å²) < 4.78 is 16.0. The van der Waals surface area contributed by atoms with Crippen LogP contribution >= 0.6 is 0 Å². The molecule has 3 atom stereocenters. The van der Waals surface area contributed by atoms with E-state index < -0.39 is 6.16 Å². The largest absolute Gasteiger partial charge is 0.511 e. The van der Waals surface area contributed by atoms with E-state index in [1.807, 2.05) is 6.07 Å². The normalized spacial score (nSPS) is 31.9. The number of piperidine rings is 1. The van der Waals surface area contributed by atoms with Gasteiger partial charge in [0.2, 0.25) is 6.79 Å². The fourth-order valence-corrected chi connectivity index (χ4v) is 5.80. The molecule has 1 saturated heterocycles. The summed E-state index contributed by atoms with van der Waals surface area (Å²) in [5.74, 6) is 1.54. The van der Waals surface area contributed by atoms with E-state index in [0.29, 0.717) is 11.5 Å². The molecule has 3 aliphatic carbocycles. The third-order valence-electron chi connectivity index (χ3n) is 7.34. The fourth-order valence-electron chi connectivity index (χ4n) is 5.80. The van der Waals surface area contributed by atoms with Gasteiger partial charge in [-0.25, -0.2) is 4.79 Å². The Kier molecular flexibility index (Phi) is 4.50. The van der Waals surface area contributed by atoms with E-state index in [9.17, 15) is 4.79 Å². The first-order valence-electron chi connectivity index (χ1n) is 10.6. The molecule has 2 saturated carbocycles. The first kappa shape index (κ1) is 17.4. The highest BCUT2D eigenvalue weighted by Crippen LogP contribution is 2.54. The summed E-state index contributed by atoms with van der Waals surface area (Å²) in [5.41, 5.74) is 3.26. The lowest BCUT2D eigenvalue weighted by Gasteiger charge is -2.56. The van der Waals surface area contributed by atoms with Crippen LogP contribution in [0.5, 0.6) is 5.75 Å². The summed E-state index contributed by atoms with van der Waals surface area (Å²) in [5, 5.41) is 3.77. The summed E-state index contributed by atoms with van der Waals surface area (Å²) in [6, 6.07) is 7.07. The van der Waals surface area contributed by atoms with Gasteiger partial charge in [-0.2, -0.15) is 0 Å². The Morgan fingerprint density at radius 1 is 1.15 bits per heavy atom. The van der Waals surface area contributed by atoms with Crippen LogP contribution in [0.2, 0.25) is 0 Å². The van der Waals surface area contributed by atoms with E-state index in [2.05, 4.69) is 17.4 Å². The molecule has 3 fully saturated rings. The van der Waals surface area contributed by atoms with Gasteiger partial charge in [0.1, 0.15) is 11.9 Å². The molecule has 0 radical (unpaired) electrons. The predicted molar refractivity (Wildman–Crippen MR) is 101 cm³/mol.